The normalized spacial score (nSPS) is 10.8. The Morgan fingerprint density at radius 2 is 2.07 bits per heavy atom. The van der Waals surface area contributed by atoms with Gasteiger partial charge in [0.25, 0.3) is 5.56 Å². The molecule has 0 amide bonds. The van der Waals surface area contributed by atoms with Crippen LogP contribution in [-0.2, 0) is 13.0 Å². The molecule has 0 radical (unpaired) electrons. The molecule has 5 nitrogen and oxygen atoms in total. The Bertz CT molecular complexity index is 1050. The molecule has 0 spiro atoms. The van der Waals surface area contributed by atoms with E-state index in [2.05, 4.69) is 23.3 Å². The van der Waals surface area contributed by atoms with Gasteiger partial charge in [-0.25, -0.2) is 0 Å². The molecule has 0 atom stereocenters. The lowest BCUT2D eigenvalue weighted by Gasteiger charge is -2.25. The molecule has 0 saturated carbocycles. The second kappa shape index (κ2) is 9.19. The van der Waals surface area contributed by atoms with Crippen LogP contribution >= 0.6 is 23.8 Å². The second-order valence-corrected chi connectivity index (χ2v) is 7.31. The minimum atomic E-state index is -0.162. The van der Waals surface area contributed by atoms with Crippen LogP contribution in [0.1, 0.15) is 18.1 Å². The van der Waals surface area contributed by atoms with Crippen molar-refractivity contribution in [2.24, 2.45) is 0 Å². The number of aromatic amines is 1. The van der Waals surface area contributed by atoms with Gasteiger partial charge in [-0.05, 0) is 66.0 Å². The molecule has 0 aliphatic carbocycles. The summed E-state index contributed by atoms with van der Waals surface area (Å²) >= 11 is 11.5. The number of H-pyrrole nitrogens is 1. The van der Waals surface area contributed by atoms with Crippen molar-refractivity contribution in [3.8, 4) is 0 Å². The molecule has 1 aromatic heterocycles. The van der Waals surface area contributed by atoms with Gasteiger partial charge in [0.15, 0.2) is 5.11 Å². The highest BCUT2D eigenvalue weighted by molar-refractivity contribution is 7.80. The highest BCUT2D eigenvalue weighted by Crippen LogP contribution is 2.17. The Hall–Kier alpha value is -2.41. The van der Waals surface area contributed by atoms with E-state index < -0.39 is 0 Å². The molecule has 0 aliphatic heterocycles. The summed E-state index contributed by atoms with van der Waals surface area (Å²) in [5.74, 6) is 0. The summed E-state index contributed by atoms with van der Waals surface area (Å²) in [4.78, 5) is 17.2. The van der Waals surface area contributed by atoms with Crippen molar-refractivity contribution in [3.63, 3.8) is 0 Å². The maximum atomic E-state index is 12.5. The molecule has 28 heavy (non-hydrogen) atoms. The summed E-state index contributed by atoms with van der Waals surface area (Å²) in [6.45, 7) is 2.60. The van der Waals surface area contributed by atoms with Gasteiger partial charge in [-0.3, -0.25) is 4.79 Å². The number of fused-ring (bicyclic) bond motifs is 1. The first-order valence-corrected chi connectivity index (χ1v) is 9.86. The van der Waals surface area contributed by atoms with Crippen molar-refractivity contribution < 1.29 is 5.11 Å². The summed E-state index contributed by atoms with van der Waals surface area (Å²) in [6.07, 6.45) is 0.925. The van der Waals surface area contributed by atoms with Gasteiger partial charge >= 0.3 is 0 Å². The van der Waals surface area contributed by atoms with E-state index in [9.17, 15) is 9.90 Å². The quantitative estimate of drug-likeness (QED) is 0.532. The molecule has 2 aromatic carbocycles. The number of aryl methyl sites for hydroxylation is 1. The molecule has 3 N–H and O–H groups in total. The van der Waals surface area contributed by atoms with Crippen molar-refractivity contribution in [2.75, 3.05) is 18.5 Å². The zero-order chi connectivity index (χ0) is 20.1. The Balaban J connectivity index is 1.85. The number of halogens is 1. The molecule has 0 saturated heterocycles. The Kier molecular flexibility index (Phi) is 6.67. The van der Waals surface area contributed by atoms with Crippen LogP contribution in [0.2, 0.25) is 5.02 Å². The lowest BCUT2D eigenvalue weighted by atomic mass is 10.1. The van der Waals surface area contributed by atoms with Crippen LogP contribution < -0.4 is 10.9 Å². The van der Waals surface area contributed by atoms with Gasteiger partial charge in [0, 0.05) is 28.3 Å². The average molecular weight is 416 g/mol. The number of aliphatic hydroxyl groups excluding tert-OH is 1. The second-order valence-electron chi connectivity index (χ2n) is 6.48. The van der Waals surface area contributed by atoms with E-state index in [0.717, 1.165) is 23.0 Å². The van der Waals surface area contributed by atoms with E-state index in [1.165, 1.54) is 5.56 Å². The number of aromatic nitrogens is 1. The van der Waals surface area contributed by atoms with Gasteiger partial charge in [-0.2, -0.15) is 0 Å². The number of rotatable bonds is 6. The smallest absolute Gasteiger partial charge is 0.253 e. The van der Waals surface area contributed by atoms with Crippen molar-refractivity contribution in [1.82, 2.24) is 9.88 Å². The fraction of sp³-hybridized carbons (Fsp3) is 0.238. The topological polar surface area (TPSA) is 68.4 Å². The van der Waals surface area contributed by atoms with Gasteiger partial charge in [0.2, 0.25) is 0 Å². The minimum Gasteiger partial charge on any atom is -0.395 e. The van der Waals surface area contributed by atoms with E-state index in [4.69, 9.17) is 23.8 Å². The summed E-state index contributed by atoms with van der Waals surface area (Å²) in [6, 6.07) is 15.1. The van der Waals surface area contributed by atoms with E-state index in [1.807, 2.05) is 30.3 Å². The maximum absolute atomic E-state index is 12.5. The molecule has 1 heterocycles. The number of hydrogen-bond acceptors (Lipinski definition) is 3. The lowest BCUT2D eigenvalue weighted by molar-refractivity contribution is 0.248. The van der Waals surface area contributed by atoms with Crippen LogP contribution in [0.3, 0.4) is 0 Å². The Labute approximate surface area is 174 Å². The molecule has 0 aliphatic rings. The summed E-state index contributed by atoms with van der Waals surface area (Å²) in [5.41, 5.74) is 3.19. The average Bonchev–Trinajstić information content (AvgIpc) is 2.67. The zero-order valence-corrected chi connectivity index (χ0v) is 17.1. The third-order valence-corrected chi connectivity index (χ3v) is 5.08. The van der Waals surface area contributed by atoms with Gasteiger partial charge in [0.05, 0.1) is 13.2 Å². The van der Waals surface area contributed by atoms with E-state index in [1.54, 1.807) is 17.0 Å². The number of anilines is 1. The summed E-state index contributed by atoms with van der Waals surface area (Å²) in [5, 5.41) is 14.5. The molecule has 0 fully saturated rings. The molecule has 0 unspecified atom stereocenters. The molecule has 7 heteroatoms. The monoisotopic (exact) mass is 415 g/mol. The lowest BCUT2D eigenvalue weighted by Crippen LogP contribution is -2.37. The van der Waals surface area contributed by atoms with Crippen molar-refractivity contribution >= 4 is 45.5 Å². The van der Waals surface area contributed by atoms with E-state index >= 15 is 0 Å². The summed E-state index contributed by atoms with van der Waals surface area (Å²) in [7, 11) is 0. The van der Waals surface area contributed by atoms with Gasteiger partial charge in [-0.15, -0.1) is 0 Å². The van der Waals surface area contributed by atoms with Gasteiger partial charge in [-0.1, -0.05) is 30.7 Å². The van der Waals surface area contributed by atoms with Gasteiger partial charge in [0.1, 0.15) is 0 Å². The Morgan fingerprint density at radius 1 is 1.25 bits per heavy atom. The number of benzene rings is 2. The number of aliphatic hydroxyl groups is 1. The van der Waals surface area contributed by atoms with Crippen molar-refractivity contribution in [1.29, 1.82) is 0 Å². The standard InChI is InChI=1S/C21H22ClN3O2S/c1-2-14-6-7-19-15(10-14)11-16(20(27)24-19)13-25(8-9-26)21(28)23-18-5-3-4-17(22)12-18/h3-7,10-12,26H,2,8-9,13H2,1H3,(H,23,28)(H,24,27). The minimum absolute atomic E-state index is 0.0805. The van der Waals surface area contributed by atoms with Crippen molar-refractivity contribution in [2.45, 2.75) is 19.9 Å². The molecule has 146 valence electrons. The highest BCUT2D eigenvalue weighted by Gasteiger charge is 2.13. The fourth-order valence-corrected chi connectivity index (χ4v) is 3.45. The third kappa shape index (κ3) is 4.90. The zero-order valence-electron chi connectivity index (χ0n) is 15.5. The largest absolute Gasteiger partial charge is 0.395 e. The van der Waals surface area contributed by atoms with Crippen LogP contribution in [0.15, 0.2) is 53.3 Å². The number of nitrogens with one attached hydrogen (secondary N) is 2. The first-order valence-electron chi connectivity index (χ1n) is 9.07. The predicted molar refractivity (Wildman–Crippen MR) is 119 cm³/mol. The van der Waals surface area contributed by atoms with E-state index in [-0.39, 0.29) is 18.7 Å². The molecule has 0 bridgehead atoms. The van der Waals surface area contributed by atoms with Crippen LogP contribution in [0.5, 0.6) is 0 Å². The number of nitrogens with zero attached hydrogens (tertiary/aromatic N) is 1. The molecular weight excluding hydrogens is 394 g/mol. The maximum Gasteiger partial charge on any atom is 0.253 e. The Morgan fingerprint density at radius 3 is 2.79 bits per heavy atom. The third-order valence-electron chi connectivity index (χ3n) is 4.49. The van der Waals surface area contributed by atoms with E-state index in [0.29, 0.717) is 22.2 Å². The molecule has 3 rings (SSSR count). The number of thiocarbonyl (C=S) groups is 1. The molecule has 3 aromatic rings. The van der Waals surface area contributed by atoms with Crippen LogP contribution in [0.25, 0.3) is 10.9 Å². The SMILES string of the molecule is CCc1ccc2[nH]c(=O)c(CN(CCO)C(=S)Nc3cccc(Cl)c3)cc2c1. The van der Waals surface area contributed by atoms with Gasteiger partial charge < -0.3 is 20.3 Å². The number of hydrogen-bond donors (Lipinski definition) is 3. The fourth-order valence-electron chi connectivity index (χ4n) is 2.99. The first-order chi connectivity index (χ1) is 13.5. The summed E-state index contributed by atoms with van der Waals surface area (Å²) < 4.78 is 0. The predicted octanol–water partition coefficient (Wildman–Crippen LogP) is 3.94. The van der Waals surface area contributed by atoms with Crippen molar-refractivity contribution in [3.05, 3.63) is 75.0 Å². The van der Waals surface area contributed by atoms with Crippen LogP contribution in [-0.4, -0.2) is 33.3 Å². The number of pyridine rings is 1. The first kappa shape index (κ1) is 20.3. The van der Waals surface area contributed by atoms with Crippen LogP contribution in [0.4, 0.5) is 5.69 Å². The highest BCUT2D eigenvalue weighted by atomic mass is 35.5. The molecular formula is C21H22ClN3O2S. The van der Waals surface area contributed by atoms with Crippen LogP contribution in [0, 0.1) is 0 Å².